The van der Waals surface area contributed by atoms with Crippen molar-refractivity contribution in [3.63, 3.8) is 0 Å². The minimum Gasteiger partial charge on any atom is -0.376 e. The van der Waals surface area contributed by atoms with Crippen molar-refractivity contribution < 1.29 is 9.59 Å². The first kappa shape index (κ1) is 18.8. The Bertz CT molecular complexity index is 747. The van der Waals surface area contributed by atoms with Crippen molar-refractivity contribution in [1.82, 2.24) is 4.90 Å². The van der Waals surface area contributed by atoms with Gasteiger partial charge in [0.25, 0.3) is 0 Å². The highest BCUT2D eigenvalue weighted by Crippen LogP contribution is 2.20. The van der Waals surface area contributed by atoms with E-state index in [0.29, 0.717) is 23.6 Å². The Morgan fingerprint density at radius 2 is 1.84 bits per heavy atom. The van der Waals surface area contributed by atoms with Gasteiger partial charge in [-0.1, -0.05) is 35.9 Å². The van der Waals surface area contributed by atoms with Crippen LogP contribution in [0.4, 0.5) is 11.4 Å². The van der Waals surface area contributed by atoms with Gasteiger partial charge < -0.3 is 15.5 Å². The molecule has 2 amide bonds. The van der Waals surface area contributed by atoms with Gasteiger partial charge in [0, 0.05) is 26.2 Å². The molecular weight excluding hydrogens is 338 g/mol. The van der Waals surface area contributed by atoms with E-state index in [1.807, 2.05) is 36.4 Å². The molecule has 0 aliphatic heterocycles. The van der Waals surface area contributed by atoms with E-state index in [4.69, 9.17) is 11.6 Å². The minimum absolute atomic E-state index is 0.0949. The number of nitrogens with one attached hydrogen (secondary N) is 2. The molecule has 2 aromatic carbocycles. The number of halogens is 1. The van der Waals surface area contributed by atoms with Gasteiger partial charge in [-0.05, 0) is 36.2 Å². The van der Waals surface area contributed by atoms with Crippen molar-refractivity contribution in [3.05, 3.63) is 59.1 Å². The van der Waals surface area contributed by atoms with Crippen LogP contribution in [0.15, 0.2) is 48.5 Å². The normalized spacial score (nSPS) is 10.2. The molecule has 0 heterocycles. The molecule has 0 saturated heterocycles. The average Bonchev–Trinajstić information content (AvgIpc) is 2.60. The fourth-order valence-electron chi connectivity index (χ4n) is 2.25. The van der Waals surface area contributed by atoms with Gasteiger partial charge in [0.15, 0.2) is 0 Å². The number of nitrogens with zero attached hydrogens (tertiary/aromatic N) is 1. The van der Waals surface area contributed by atoms with Crippen molar-refractivity contribution in [2.45, 2.75) is 12.8 Å². The van der Waals surface area contributed by atoms with E-state index in [-0.39, 0.29) is 18.4 Å². The van der Waals surface area contributed by atoms with E-state index in [1.165, 1.54) is 0 Å². The third-order valence-corrected chi connectivity index (χ3v) is 3.98. The Labute approximate surface area is 153 Å². The van der Waals surface area contributed by atoms with Gasteiger partial charge in [-0.15, -0.1) is 0 Å². The second-order valence-electron chi connectivity index (χ2n) is 5.87. The molecular formula is C19H22ClN3O2. The molecule has 25 heavy (non-hydrogen) atoms. The molecule has 2 aromatic rings. The van der Waals surface area contributed by atoms with Gasteiger partial charge in [0.05, 0.1) is 17.3 Å². The van der Waals surface area contributed by atoms with Gasteiger partial charge >= 0.3 is 0 Å². The van der Waals surface area contributed by atoms with Crippen LogP contribution >= 0.6 is 11.6 Å². The summed E-state index contributed by atoms with van der Waals surface area (Å²) >= 11 is 6.02. The van der Waals surface area contributed by atoms with Crippen LogP contribution in [0.5, 0.6) is 0 Å². The number of hydrogen-bond acceptors (Lipinski definition) is 3. The van der Waals surface area contributed by atoms with E-state index in [0.717, 1.165) is 11.3 Å². The smallest absolute Gasteiger partial charge is 0.243 e. The molecule has 0 unspecified atom stereocenters. The van der Waals surface area contributed by atoms with E-state index in [9.17, 15) is 9.59 Å². The Morgan fingerprint density at radius 3 is 2.56 bits per heavy atom. The minimum atomic E-state index is -0.179. The molecule has 0 aliphatic carbocycles. The maximum atomic E-state index is 12.0. The summed E-state index contributed by atoms with van der Waals surface area (Å²) in [6.07, 6.45) is 1.13. The molecule has 2 N–H and O–H groups in total. The fraction of sp³-hybridized carbons (Fsp3) is 0.263. The third kappa shape index (κ3) is 6.12. The highest BCUT2D eigenvalue weighted by atomic mass is 35.5. The van der Waals surface area contributed by atoms with Crippen LogP contribution < -0.4 is 10.6 Å². The zero-order valence-electron chi connectivity index (χ0n) is 14.4. The Hall–Kier alpha value is -2.53. The van der Waals surface area contributed by atoms with Gasteiger partial charge in [0.1, 0.15) is 0 Å². The van der Waals surface area contributed by atoms with Crippen LogP contribution in [-0.4, -0.2) is 37.4 Å². The summed E-state index contributed by atoms with van der Waals surface area (Å²) in [6, 6.07) is 14.8. The lowest BCUT2D eigenvalue weighted by Crippen LogP contribution is -2.22. The molecule has 0 aliphatic rings. The van der Waals surface area contributed by atoms with Crippen molar-refractivity contribution in [1.29, 1.82) is 0 Å². The number of benzene rings is 2. The predicted molar refractivity (Wildman–Crippen MR) is 102 cm³/mol. The van der Waals surface area contributed by atoms with Gasteiger partial charge in [-0.3, -0.25) is 9.59 Å². The molecule has 5 nitrogen and oxygen atoms in total. The number of amides is 2. The molecule has 0 atom stereocenters. The van der Waals surface area contributed by atoms with Crippen LogP contribution in [0.1, 0.15) is 12.0 Å². The Kier molecular flexibility index (Phi) is 6.83. The van der Waals surface area contributed by atoms with Crippen molar-refractivity contribution in [2.75, 3.05) is 31.3 Å². The third-order valence-electron chi connectivity index (χ3n) is 3.65. The van der Waals surface area contributed by atoms with Crippen LogP contribution in [0.3, 0.4) is 0 Å². The second-order valence-corrected chi connectivity index (χ2v) is 6.28. The van der Waals surface area contributed by atoms with Crippen molar-refractivity contribution >= 4 is 34.8 Å². The van der Waals surface area contributed by atoms with Crippen molar-refractivity contribution in [3.8, 4) is 0 Å². The summed E-state index contributed by atoms with van der Waals surface area (Å²) in [5.41, 5.74) is 2.47. The number of carbonyl (C=O) groups is 2. The summed E-state index contributed by atoms with van der Waals surface area (Å²) in [5.74, 6) is -0.0845. The number of hydrogen-bond donors (Lipinski definition) is 2. The highest BCUT2D eigenvalue weighted by molar-refractivity contribution is 6.33. The van der Waals surface area contributed by atoms with E-state index in [2.05, 4.69) is 10.6 Å². The van der Waals surface area contributed by atoms with Crippen LogP contribution in [-0.2, 0) is 16.0 Å². The molecule has 132 valence electrons. The summed E-state index contributed by atoms with van der Waals surface area (Å²) < 4.78 is 0. The standard InChI is InChI=1S/C19H22ClN3O2/c1-23(2)19(25)11-10-14-6-5-7-15(12-14)21-13-18(24)22-17-9-4-3-8-16(17)20/h3-9,12,21H,10-11,13H2,1-2H3,(H,22,24). The summed E-state index contributed by atoms with van der Waals surface area (Å²) in [7, 11) is 3.50. The number of para-hydroxylation sites is 1. The van der Waals surface area contributed by atoms with Crippen LogP contribution in [0.25, 0.3) is 0 Å². The largest absolute Gasteiger partial charge is 0.376 e. The molecule has 0 saturated carbocycles. The first-order valence-corrected chi connectivity index (χ1v) is 8.41. The lowest BCUT2D eigenvalue weighted by molar-refractivity contribution is -0.128. The zero-order chi connectivity index (χ0) is 18.2. The second kappa shape index (κ2) is 9.08. The molecule has 0 aromatic heterocycles. The molecule has 0 radical (unpaired) electrons. The first-order valence-electron chi connectivity index (χ1n) is 8.03. The molecule has 6 heteroatoms. The number of rotatable bonds is 7. The molecule has 0 bridgehead atoms. The zero-order valence-corrected chi connectivity index (χ0v) is 15.1. The Balaban J connectivity index is 1.86. The topological polar surface area (TPSA) is 61.4 Å². The maximum Gasteiger partial charge on any atom is 0.243 e. The number of anilines is 2. The number of carbonyl (C=O) groups excluding carboxylic acids is 2. The highest BCUT2D eigenvalue weighted by Gasteiger charge is 2.07. The summed E-state index contributed by atoms with van der Waals surface area (Å²) in [5, 5.41) is 6.35. The van der Waals surface area contributed by atoms with E-state index in [1.54, 1.807) is 31.1 Å². The number of aryl methyl sites for hydroxylation is 1. The van der Waals surface area contributed by atoms with Crippen LogP contribution in [0.2, 0.25) is 5.02 Å². The van der Waals surface area contributed by atoms with Crippen LogP contribution in [0, 0.1) is 0 Å². The SMILES string of the molecule is CN(C)C(=O)CCc1cccc(NCC(=O)Nc2ccccc2Cl)c1. The quantitative estimate of drug-likeness (QED) is 0.796. The summed E-state index contributed by atoms with van der Waals surface area (Å²) in [4.78, 5) is 25.3. The fourth-order valence-corrected chi connectivity index (χ4v) is 2.43. The van der Waals surface area contributed by atoms with Gasteiger partial charge in [-0.2, -0.15) is 0 Å². The lowest BCUT2D eigenvalue weighted by atomic mass is 10.1. The monoisotopic (exact) mass is 359 g/mol. The van der Waals surface area contributed by atoms with Gasteiger partial charge in [-0.25, -0.2) is 0 Å². The van der Waals surface area contributed by atoms with Crippen molar-refractivity contribution in [2.24, 2.45) is 0 Å². The van der Waals surface area contributed by atoms with E-state index < -0.39 is 0 Å². The predicted octanol–water partition coefficient (Wildman–Crippen LogP) is 3.41. The average molecular weight is 360 g/mol. The maximum absolute atomic E-state index is 12.0. The molecule has 0 fully saturated rings. The van der Waals surface area contributed by atoms with E-state index >= 15 is 0 Å². The van der Waals surface area contributed by atoms with Gasteiger partial charge in [0.2, 0.25) is 11.8 Å². The molecule has 2 rings (SSSR count). The first-order chi connectivity index (χ1) is 12.0. The summed E-state index contributed by atoms with van der Waals surface area (Å²) in [6.45, 7) is 0.130. The molecule has 0 spiro atoms. The Morgan fingerprint density at radius 1 is 1.08 bits per heavy atom. The lowest BCUT2D eigenvalue weighted by Gasteiger charge is -2.11.